The van der Waals surface area contributed by atoms with Crippen molar-refractivity contribution in [2.45, 2.75) is 26.3 Å². The molecular weight excluding hydrogens is 562 g/mol. The Bertz CT molecular complexity index is 954. The van der Waals surface area contributed by atoms with Gasteiger partial charge in [-0.15, -0.1) is 0 Å². The number of aliphatic imine (C=N–C) groups is 1. The Balaban J connectivity index is 1.55. The van der Waals surface area contributed by atoms with Gasteiger partial charge >= 0.3 is 185 Å². The number of allylic oxidation sites excluding steroid dienone is 2. The second-order valence-corrected chi connectivity index (χ2v) is 10.2. The van der Waals surface area contributed by atoms with Gasteiger partial charge in [0.1, 0.15) is 0 Å². The Hall–Kier alpha value is -1.42. The van der Waals surface area contributed by atoms with E-state index in [1.54, 1.807) is 0 Å². The van der Waals surface area contributed by atoms with E-state index in [0.717, 1.165) is 16.0 Å². The fraction of sp³-hybridized carbons (Fsp3) is 0.238. The van der Waals surface area contributed by atoms with Gasteiger partial charge in [-0.05, 0) is 0 Å². The first kappa shape index (κ1) is 18.9. The van der Waals surface area contributed by atoms with Crippen LogP contribution in [0, 0.1) is 5.92 Å². The molecule has 0 saturated heterocycles. The summed E-state index contributed by atoms with van der Waals surface area (Å²) in [6, 6.07) is 10.7. The molecule has 1 aromatic carbocycles. The average Bonchev–Trinajstić information content (AvgIpc) is 2.99. The van der Waals surface area contributed by atoms with Crippen LogP contribution in [0.3, 0.4) is 0 Å². The van der Waals surface area contributed by atoms with E-state index in [4.69, 9.17) is 4.99 Å². The van der Waals surface area contributed by atoms with Crippen LogP contribution in [0.5, 0.6) is 0 Å². The Morgan fingerprint density at radius 1 is 1.30 bits per heavy atom. The van der Waals surface area contributed by atoms with E-state index in [9.17, 15) is 0 Å². The Labute approximate surface area is 184 Å². The van der Waals surface area contributed by atoms with Crippen molar-refractivity contribution in [2.24, 2.45) is 10.9 Å². The normalized spacial score (nSPS) is 20.4. The summed E-state index contributed by atoms with van der Waals surface area (Å²) in [7, 11) is 0. The van der Waals surface area contributed by atoms with E-state index >= 15 is 0 Å². The first-order valence-corrected chi connectivity index (χ1v) is 12.4. The van der Waals surface area contributed by atoms with E-state index < -0.39 is 0 Å². The van der Waals surface area contributed by atoms with Gasteiger partial charge in [-0.2, -0.15) is 0 Å². The summed E-state index contributed by atoms with van der Waals surface area (Å²) in [4.78, 5) is 9.43. The van der Waals surface area contributed by atoms with Crippen LogP contribution in [0.15, 0.2) is 63.7 Å². The fourth-order valence-electron chi connectivity index (χ4n) is 3.17. The van der Waals surface area contributed by atoms with Crippen molar-refractivity contribution in [3.8, 4) is 0 Å². The summed E-state index contributed by atoms with van der Waals surface area (Å²) < 4.78 is 6.82. The van der Waals surface area contributed by atoms with Gasteiger partial charge in [0.2, 0.25) is 0 Å². The number of aromatic nitrogens is 2. The van der Waals surface area contributed by atoms with Crippen molar-refractivity contribution in [1.82, 2.24) is 14.9 Å². The third kappa shape index (κ3) is 4.37. The van der Waals surface area contributed by atoms with Crippen molar-refractivity contribution in [1.29, 1.82) is 0 Å². The minimum absolute atomic E-state index is 0.224. The number of fused-ring (bicyclic) bond motifs is 1. The molecule has 0 saturated carbocycles. The molecule has 0 bridgehead atoms. The zero-order valence-electron chi connectivity index (χ0n) is 15.2. The molecule has 4 rings (SSSR count). The average molecular weight is 583 g/mol. The standard InChI is InChI=1S/C21H21I2N4/c1-14-8-9-18-17(10-14)24-13-27(18)20-11-19(22)26-21(12-23-20)25-15(2)16-6-4-3-5-7-16/h3-9,11-15,25H,10H2,1-2H3/q-1. The van der Waals surface area contributed by atoms with Gasteiger partial charge in [0.25, 0.3) is 0 Å². The van der Waals surface area contributed by atoms with Crippen molar-refractivity contribution in [3.05, 3.63) is 75.7 Å². The van der Waals surface area contributed by atoms with Crippen LogP contribution < -0.4 is 26.5 Å². The number of hydrogen-bond acceptors (Lipinski definition) is 3. The van der Waals surface area contributed by atoms with E-state index in [1.165, 1.54) is 20.7 Å². The molecule has 1 aromatic heterocycles. The second kappa shape index (κ2) is 8.30. The van der Waals surface area contributed by atoms with Crippen molar-refractivity contribution in [2.75, 3.05) is 0 Å². The van der Waals surface area contributed by atoms with Crippen LogP contribution in [0.1, 0.15) is 36.8 Å². The van der Waals surface area contributed by atoms with Gasteiger partial charge in [0.05, 0.1) is 0 Å². The molecule has 2 heterocycles. The zero-order chi connectivity index (χ0) is 18.8. The Kier molecular flexibility index (Phi) is 5.82. The van der Waals surface area contributed by atoms with Crippen molar-refractivity contribution >= 4 is 36.1 Å². The molecule has 0 radical (unpaired) electrons. The summed E-state index contributed by atoms with van der Waals surface area (Å²) in [5.74, 6) is 1.53. The molecule has 6 heteroatoms. The fourth-order valence-corrected chi connectivity index (χ4v) is 6.41. The quantitative estimate of drug-likeness (QED) is 0.560. The predicted molar refractivity (Wildman–Crippen MR) is 116 cm³/mol. The Morgan fingerprint density at radius 3 is 2.93 bits per heavy atom. The predicted octanol–water partition coefficient (Wildman–Crippen LogP) is 1.97. The number of halogens is 2. The first-order valence-electron chi connectivity index (χ1n) is 8.96. The molecule has 27 heavy (non-hydrogen) atoms. The summed E-state index contributed by atoms with van der Waals surface area (Å²) in [5.41, 5.74) is 3.69. The number of benzene rings is 1. The molecule has 1 aliphatic carbocycles. The van der Waals surface area contributed by atoms with Gasteiger partial charge in [0.15, 0.2) is 0 Å². The van der Waals surface area contributed by atoms with Crippen LogP contribution in [-0.2, 0) is 6.42 Å². The van der Waals surface area contributed by atoms with E-state index in [-0.39, 0.29) is 27.2 Å². The summed E-state index contributed by atoms with van der Waals surface area (Å²) in [5, 5.41) is 3.56. The SMILES string of the molecule is CC1C=Cc2c(ncn2C2=CC(I)=NC(NC(C)c3ccccc3)=C[I-]2)C1. The number of rotatable bonds is 4. The molecule has 1 aliphatic heterocycles. The molecule has 0 fully saturated rings. The topological polar surface area (TPSA) is 42.2 Å². The monoisotopic (exact) mass is 583 g/mol. The summed E-state index contributed by atoms with van der Waals surface area (Å²) in [6.07, 6.45) is 9.68. The number of nitrogens with one attached hydrogen (secondary N) is 1. The molecule has 2 unspecified atom stereocenters. The molecule has 4 nitrogen and oxygen atoms in total. The first-order chi connectivity index (χ1) is 13.1. The van der Waals surface area contributed by atoms with Crippen LogP contribution in [0.25, 0.3) is 9.78 Å². The molecule has 2 aliphatic rings. The minimum atomic E-state index is -0.323. The Morgan fingerprint density at radius 2 is 2.11 bits per heavy atom. The molecule has 1 N–H and O–H groups in total. The maximum atomic E-state index is 4.78. The third-order valence-electron chi connectivity index (χ3n) is 4.61. The van der Waals surface area contributed by atoms with Gasteiger partial charge < -0.3 is 0 Å². The number of hydrogen-bond donors (Lipinski definition) is 1. The second-order valence-electron chi connectivity index (χ2n) is 6.77. The van der Waals surface area contributed by atoms with Crippen LogP contribution >= 0.6 is 22.6 Å². The number of nitrogens with zero attached hydrogens (tertiary/aromatic N) is 3. The summed E-state index contributed by atoms with van der Waals surface area (Å²) in [6.45, 7) is 4.41. The van der Waals surface area contributed by atoms with E-state index in [0.29, 0.717) is 5.92 Å². The van der Waals surface area contributed by atoms with E-state index in [1.807, 2.05) is 12.4 Å². The number of imidazole rings is 1. The molecule has 2 atom stereocenters. The molecule has 0 amide bonds. The molecule has 2 aromatic rings. The van der Waals surface area contributed by atoms with Gasteiger partial charge in [-0.3, -0.25) is 0 Å². The van der Waals surface area contributed by atoms with Crippen molar-refractivity contribution < 1.29 is 21.2 Å². The van der Waals surface area contributed by atoms with Crippen LogP contribution in [0.2, 0.25) is 0 Å². The van der Waals surface area contributed by atoms with Gasteiger partial charge in [0, 0.05) is 0 Å². The third-order valence-corrected chi connectivity index (χ3v) is 7.53. The molecular formula is C21H21I2N4-. The molecule has 140 valence electrons. The van der Waals surface area contributed by atoms with Crippen LogP contribution in [-0.4, -0.2) is 13.3 Å². The molecule has 0 spiro atoms. The van der Waals surface area contributed by atoms with E-state index in [2.05, 4.69) is 97.9 Å². The van der Waals surface area contributed by atoms with Crippen LogP contribution in [0.4, 0.5) is 0 Å². The van der Waals surface area contributed by atoms with Gasteiger partial charge in [-0.1, -0.05) is 0 Å². The van der Waals surface area contributed by atoms with Crippen molar-refractivity contribution in [3.63, 3.8) is 0 Å². The van der Waals surface area contributed by atoms with Gasteiger partial charge in [-0.25, -0.2) is 0 Å². The maximum absolute atomic E-state index is 4.78. The zero-order valence-corrected chi connectivity index (χ0v) is 19.5. The summed E-state index contributed by atoms with van der Waals surface area (Å²) >= 11 is 1.99.